The molecule has 2 unspecified atom stereocenters. The van der Waals surface area contributed by atoms with Crippen LogP contribution in [0.1, 0.15) is 41.8 Å². The van der Waals surface area contributed by atoms with Crippen LogP contribution in [-0.4, -0.2) is 68.4 Å². The number of nitrogens with two attached hydrogens (primary N) is 1. The first kappa shape index (κ1) is 42.9. The van der Waals surface area contributed by atoms with Gasteiger partial charge in [-0.25, -0.2) is 9.86 Å². The number of halogens is 5. The Balaban J connectivity index is 0.000000288. The van der Waals surface area contributed by atoms with E-state index in [0.717, 1.165) is 35.9 Å². The van der Waals surface area contributed by atoms with Gasteiger partial charge in [0.25, 0.3) is 11.6 Å². The van der Waals surface area contributed by atoms with Gasteiger partial charge in [0.05, 0.1) is 34.1 Å². The second-order valence-corrected chi connectivity index (χ2v) is 14.9. The molecule has 1 saturated heterocycles. The average molecular weight is 782 g/mol. The van der Waals surface area contributed by atoms with E-state index in [1.165, 1.54) is 11.7 Å². The second kappa shape index (κ2) is 17.8. The first-order valence-corrected chi connectivity index (χ1v) is 17.5. The highest BCUT2D eigenvalue weighted by Gasteiger charge is 2.40. The first-order chi connectivity index (χ1) is 23.4. The van der Waals surface area contributed by atoms with Gasteiger partial charge in [0.15, 0.2) is 7.37 Å². The molecular formula is C31H33Cl2F3N3O11P. The van der Waals surface area contributed by atoms with Crippen molar-refractivity contribution in [2.75, 3.05) is 19.4 Å². The lowest BCUT2D eigenvalue weighted by atomic mass is 9.95. The molecule has 0 radical (unpaired) electrons. The molecule has 1 aliphatic heterocycles. The zero-order valence-electron chi connectivity index (χ0n) is 27.1. The summed E-state index contributed by atoms with van der Waals surface area (Å²) in [6, 6.07) is 11.7. The Morgan fingerprint density at radius 2 is 1.75 bits per heavy atom. The van der Waals surface area contributed by atoms with Crippen LogP contribution in [0.2, 0.25) is 10.0 Å². The van der Waals surface area contributed by atoms with E-state index in [-0.39, 0.29) is 35.0 Å². The highest BCUT2D eigenvalue weighted by molar-refractivity contribution is 7.57. The van der Waals surface area contributed by atoms with Crippen molar-refractivity contribution in [3.05, 3.63) is 97.5 Å². The number of aromatic carboxylic acids is 1. The van der Waals surface area contributed by atoms with Crippen LogP contribution in [0.3, 0.4) is 0 Å². The minimum absolute atomic E-state index is 0.00687. The van der Waals surface area contributed by atoms with Crippen molar-refractivity contribution >= 4 is 54.1 Å². The first-order valence-electron chi connectivity index (χ1n) is 14.4. The Morgan fingerprint density at radius 3 is 2.22 bits per heavy atom. The molecule has 1 heterocycles. The summed E-state index contributed by atoms with van der Waals surface area (Å²) in [5, 5.41) is 29.7. The molecule has 4 rings (SSSR count). The number of hydrogen-bond donors (Lipinski definition) is 4. The van der Waals surface area contributed by atoms with Gasteiger partial charge in [-0.2, -0.15) is 13.2 Å². The number of aliphatic carboxylic acids is 1. The van der Waals surface area contributed by atoms with Crippen LogP contribution < -0.4 is 10.5 Å². The summed E-state index contributed by atoms with van der Waals surface area (Å²) in [5.41, 5.74) is 3.31. The van der Waals surface area contributed by atoms with Gasteiger partial charge in [-0.05, 0) is 56.2 Å². The number of nitro groups is 1. The van der Waals surface area contributed by atoms with Gasteiger partial charge in [-0.15, -0.1) is 0 Å². The molecule has 3 aromatic rings. The fourth-order valence-electron chi connectivity index (χ4n) is 3.89. The van der Waals surface area contributed by atoms with Crippen LogP contribution in [0.5, 0.6) is 11.5 Å². The SMILES string of the molecule is CC1(C)CON(Cc2ccccc2Cl)C1=O.CP(=O)(O)CCC(N)C(=O)O.O=C(O)c1cc(Oc2ccc(C(F)(F)F)cc2Cl)ccc1[N+](=O)[O-]. The van der Waals surface area contributed by atoms with Crippen LogP contribution in [0.15, 0.2) is 60.7 Å². The lowest BCUT2D eigenvalue weighted by Crippen LogP contribution is -2.30. The van der Waals surface area contributed by atoms with Crippen molar-refractivity contribution in [1.82, 2.24) is 5.06 Å². The Bertz CT molecular complexity index is 1810. The largest absolute Gasteiger partial charge is 0.480 e. The molecule has 0 bridgehead atoms. The Labute approximate surface area is 299 Å². The quantitative estimate of drug-likeness (QED) is 0.0921. The molecule has 14 nitrogen and oxygen atoms in total. The number of hydroxylamine groups is 2. The summed E-state index contributed by atoms with van der Waals surface area (Å²) in [7, 11) is -3.10. The van der Waals surface area contributed by atoms with Crippen molar-refractivity contribution in [1.29, 1.82) is 0 Å². The van der Waals surface area contributed by atoms with E-state index >= 15 is 0 Å². The number of ether oxygens (including phenoxy) is 1. The van der Waals surface area contributed by atoms with Crippen LogP contribution in [0.25, 0.3) is 0 Å². The molecule has 1 amide bonds. The fraction of sp³-hybridized carbons (Fsp3) is 0.323. The monoisotopic (exact) mass is 781 g/mol. The van der Waals surface area contributed by atoms with E-state index in [2.05, 4.69) is 0 Å². The lowest BCUT2D eigenvalue weighted by Gasteiger charge is -2.16. The molecule has 2 atom stereocenters. The summed E-state index contributed by atoms with van der Waals surface area (Å²) < 4.78 is 53.5. The highest BCUT2D eigenvalue weighted by atomic mass is 35.5. The molecule has 3 aromatic carbocycles. The Kier molecular flexibility index (Phi) is 15.0. The van der Waals surface area contributed by atoms with E-state index < -0.39 is 58.7 Å². The third-order valence-corrected chi connectivity index (χ3v) is 8.46. The van der Waals surface area contributed by atoms with Crippen LogP contribution >= 0.6 is 30.6 Å². The van der Waals surface area contributed by atoms with Gasteiger partial charge in [-0.3, -0.25) is 29.1 Å². The third kappa shape index (κ3) is 13.4. The number of benzene rings is 3. The number of hydrogen-bond acceptors (Lipinski definition) is 9. The van der Waals surface area contributed by atoms with Crippen LogP contribution in [0, 0.1) is 15.5 Å². The number of carbonyl (C=O) groups excluding carboxylic acids is 1. The van der Waals surface area contributed by atoms with Crippen molar-refractivity contribution < 1.29 is 61.7 Å². The molecule has 0 aromatic heterocycles. The lowest BCUT2D eigenvalue weighted by molar-refractivity contribution is -0.385. The fourth-order valence-corrected chi connectivity index (χ4v) is 5.07. The van der Waals surface area contributed by atoms with Crippen molar-refractivity contribution in [3.63, 3.8) is 0 Å². The number of carboxylic acid groups (broad SMARTS) is 2. The Hall–Kier alpha value is -4.25. The Morgan fingerprint density at radius 1 is 1.12 bits per heavy atom. The van der Waals surface area contributed by atoms with E-state index in [4.69, 9.17) is 53.6 Å². The number of carbonyl (C=O) groups is 3. The highest BCUT2D eigenvalue weighted by Crippen LogP contribution is 2.38. The minimum atomic E-state index is -4.58. The maximum Gasteiger partial charge on any atom is 0.416 e. The van der Waals surface area contributed by atoms with E-state index in [0.29, 0.717) is 24.2 Å². The summed E-state index contributed by atoms with van der Waals surface area (Å²) in [6.07, 6.45) is -4.58. The standard InChI is InChI=1S/C14H7ClF3NO5.C12H14ClNO2.C5H12NO4P/c15-10-5-7(14(16,17)18)1-4-12(10)24-8-2-3-11(19(22)23)9(6-8)13(20)21;1-12(2)8-16-14(11(12)15)7-9-5-3-4-6-10(9)13;1-11(9,10)3-2-4(6)5(7)8/h1-6H,(H,20,21);3-6H,7-8H2,1-2H3;4H,2-3,6H2,1H3,(H,7,8)(H,9,10). The zero-order chi connectivity index (χ0) is 38.9. The summed E-state index contributed by atoms with van der Waals surface area (Å²) in [4.78, 5) is 57.1. The van der Waals surface area contributed by atoms with Crippen molar-refractivity contribution in [2.45, 2.75) is 39.0 Å². The molecule has 1 fully saturated rings. The van der Waals surface area contributed by atoms with Gasteiger partial charge in [0.2, 0.25) is 0 Å². The number of carboxylic acids is 2. The maximum atomic E-state index is 12.6. The topological polar surface area (TPSA) is 220 Å². The van der Waals surface area contributed by atoms with Gasteiger partial charge in [-0.1, -0.05) is 41.4 Å². The normalized spacial score (nSPS) is 15.3. The molecular weight excluding hydrogens is 749 g/mol. The minimum Gasteiger partial charge on any atom is -0.480 e. The molecule has 5 N–H and O–H groups in total. The molecule has 1 aliphatic rings. The number of nitrogens with zero attached hydrogens (tertiary/aromatic N) is 2. The van der Waals surface area contributed by atoms with Gasteiger partial charge in [0.1, 0.15) is 23.1 Å². The molecule has 0 aliphatic carbocycles. The predicted molar refractivity (Wildman–Crippen MR) is 179 cm³/mol. The average Bonchev–Trinajstić information content (AvgIpc) is 3.28. The molecule has 51 heavy (non-hydrogen) atoms. The predicted octanol–water partition coefficient (Wildman–Crippen LogP) is 7.09. The van der Waals surface area contributed by atoms with Gasteiger partial charge >= 0.3 is 18.1 Å². The zero-order valence-corrected chi connectivity index (χ0v) is 29.5. The molecule has 278 valence electrons. The van der Waals surface area contributed by atoms with Crippen LogP contribution in [-0.2, 0) is 31.7 Å². The van der Waals surface area contributed by atoms with Crippen molar-refractivity contribution in [2.24, 2.45) is 11.1 Å². The summed E-state index contributed by atoms with van der Waals surface area (Å²) >= 11 is 11.7. The smallest absolute Gasteiger partial charge is 0.416 e. The molecule has 20 heteroatoms. The second-order valence-electron chi connectivity index (χ2n) is 11.6. The van der Waals surface area contributed by atoms with Gasteiger partial charge < -0.3 is 25.6 Å². The number of nitro benzene ring substituents is 1. The summed E-state index contributed by atoms with van der Waals surface area (Å²) in [6.45, 7) is 5.77. The molecule has 0 spiro atoms. The van der Waals surface area contributed by atoms with Gasteiger partial charge in [0, 0.05) is 30.0 Å². The van der Waals surface area contributed by atoms with E-state index in [1.807, 2.05) is 38.1 Å². The van der Waals surface area contributed by atoms with Crippen molar-refractivity contribution in [3.8, 4) is 11.5 Å². The van der Waals surface area contributed by atoms with E-state index in [9.17, 15) is 42.2 Å². The third-order valence-electron chi connectivity index (χ3n) is 6.71. The number of alkyl halides is 3. The number of rotatable bonds is 10. The van der Waals surface area contributed by atoms with Crippen LogP contribution in [0.4, 0.5) is 18.9 Å². The number of amides is 1. The van der Waals surface area contributed by atoms with E-state index in [1.54, 1.807) is 0 Å². The molecule has 0 saturated carbocycles. The summed E-state index contributed by atoms with van der Waals surface area (Å²) in [5.74, 6) is -2.97. The maximum absolute atomic E-state index is 12.6.